The van der Waals surface area contributed by atoms with E-state index in [1.807, 2.05) is 6.92 Å². The van der Waals surface area contributed by atoms with Crippen LogP contribution in [0.5, 0.6) is 0 Å². The molecular weight excluding hydrogens is 391 g/mol. The lowest BCUT2D eigenvalue weighted by molar-refractivity contribution is -0.137. The molecule has 0 amide bonds. The van der Waals surface area contributed by atoms with Crippen LogP contribution < -0.4 is 0 Å². The minimum atomic E-state index is -4.37. The van der Waals surface area contributed by atoms with Crippen molar-refractivity contribution in [2.45, 2.75) is 77.9 Å². The maximum Gasteiger partial charge on any atom is 0.416 e. The Morgan fingerprint density at radius 1 is 1.13 bits per heavy atom. The molecule has 162 valence electrons. The number of fused-ring (bicyclic) bond motifs is 2. The van der Waals surface area contributed by atoms with E-state index in [2.05, 4.69) is 27.7 Å². The molecule has 30 heavy (non-hydrogen) atoms. The summed E-state index contributed by atoms with van der Waals surface area (Å²) >= 11 is 0. The van der Waals surface area contributed by atoms with Crippen LogP contribution in [0.1, 0.15) is 104 Å². The van der Waals surface area contributed by atoms with Crippen molar-refractivity contribution < 1.29 is 23.0 Å². The Morgan fingerprint density at radius 3 is 2.33 bits per heavy atom. The minimum Gasteiger partial charge on any atom is -0.388 e. The van der Waals surface area contributed by atoms with Crippen molar-refractivity contribution in [1.82, 2.24) is 4.98 Å². The maximum absolute atomic E-state index is 13.0. The summed E-state index contributed by atoms with van der Waals surface area (Å²) < 4.78 is 45.2. The standard InChI is InChI=1S/C24H28F3NO2/c1-12(2)18-19-16(10-23(4,5)11-17(19)29)28-21-13(3)30-22(20(18)21)14-6-8-15(9-7-14)24(25,26)27/h6-9,12-13,17,22,29H,10-11H2,1-5H3/t13?,17-,22?/m0/s1. The van der Waals surface area contributed by atoms with Crippen molar-refractivity contribution in [2.75, 3.05) is 0 Å². The summed E-state index contributed by atoms with van der Waals surface area (Å²) in [6.07, 6.45) is -4.30. The van der Waals surface area contributed by atoms with E-state index in [4.69, 9.17) is 9.72 Å². The summed E-state index contributed by atoms with van der Waals surface area (Å²) in [6, 6.07) is 5.16. The van der Waals surface area contributed by atoms with Crippen LogP contribution in [0.2, 0.25) is 0 Å². The molecule has 1 aliphatic carbocycles. The van der Waals surface area contributed by atoms with E-state index in [9.17, 15) is 18.3 Å². The Hall–Kier alpha value is -1.92. The van der Waals surface area contributed by atoms with Gasteiger partial charge in [-0.2, -0.15) is 13.2 Å². The third-order valence-corrected chi connectivity index (χ3v) is 6.25. The number of pyridine rings is 1. The van der Waals surface area contributed by atoms with Crippen LogP contribution in [-0.2, 0) is 17.3 Å². The van der Waals surface area contributed by atoms with Crippen molar-refractivity contribution in [3.63, 3.8) is 0 Å². The van der Waals surface area contributed by atoms with Crippen LogP contribution in [0.3, 0.4) is 0 Å². The highest BCUT2D eigenvalue weighted by atomic mass is 19.4. The van der Waals surface area contributed by atoms with Gasteiger partial charge in [0.2, 0.25) is 0 Å². The number of nitrogens with zero attached hydrogens (tertiary/aromatic N) is 1. The van der Waals surface area contributed by atoms with E-state index in [0.717, 1.165) is 46.6 Å². The zero-order valence-corrected chi connectivity index (χ0v) is 18.0. The first-order valence-electron chi connectivity index (χ1n) is 10.5. The SMILES string of the molecule is CC(C)c1c2c(nc3c1[C@@H](O)CC(C)(C)C3)C(C)OC2c1ccc(C(F)(F)F)cc1. The highest BCUT2D eigenvalue weighted by molar-refractivity contribution is 5.51. The van der Waals surface area contributed by atoms with E-state index in [0.29, 0.717) is 12.0 Å². The number of aromatic nitrogens is 1. The quantitative estimate of drug-likeness (QED) is 0.612. The molecule has 4 rings (SSSR count). The van der Waals surface area contributed by atoms with Crippen LogP contribution in [0, 0.1) is 5.41 Å². The fourth-order valence-corrected chi connectivity index (χ4v) is 5.00. The second kappa shape index (κ2) is 7.06. The van der Waals surface area contributed by atoms with E-state index in [1.165, 1.54) is 12.1 Å². The maximum atomic E-state index is 13.0. The summed E-state index contributed by atoms with van der Waals surface area (Å²) in [6.45, 7) is 10.4. The van der Waals surface area contributed by atoms with Gasteiger partial charge in [-0.25, -0.2) is 0 Å². The lowest BCUT2D eigenvalue weighted by Gasteiger charge is -2.37. The van der Waals surface area contributed by atoms with Crippen LogP contribution in [0.15, 0.2) is 24.3 Å². The largest absolute Gasteiger partial charge is 0.416 e. The fourth-order valence-electron chi connectivity index (χ4n) is 5.00. The number of alkyl halides is 3. The first-order chi connectivity index (χ1) is 13.9. The van der Waals surface area contributed by atoms with Gasteiger partial charge in [-0.3, -0.25) is 4.98 Å². The van der Waals surface area contributed by atoms with E-state index in [-0.39, 0.29) is 17.4 Å². The van der Waals surface area contributed by atoms with Crippen molar-refractivity contribution in [1.29, 1.82) is 0 Å². The van der Waals surface area contributed by atoms with E-state index >= 15 is 0 Å². The molecule has 0 saturated heterocycles. The Morgan fingerprint density at radius 2 is 1.77 bits per heavy atom. The molecule has 1 aromatic carbocycles. The average molecular weight is 419 g/mol. The van der Waals surface area contributed by atoms with Crippen LogP contribution in [-0.4, -0.2) is 10.1 Å². The molecule has 2 heterocycles. The smallest absolute Gasteiger partial charge is 0.388 e. The molecule has 1 N–H and O–H groups in total. The summed E-state index contributed by atoms with van der Waals surface area (Å²) in [5, 5.41) is 11.0. The van der Waals surface area contributed by atoms with Crippen molar-refractivity contribution >= 4 is 0 Å². The van der Waals surface area contributed by atoms with Crippen LogP contribution in [0.4, 0.5) is 13.2 Å². The minimum absolute atomic E-state index is 0.0442. The van der Waals surface area contributed by atoms with Crippen LogP contribution >= 0.6 is 0 Å². The second-order valence-electron chi connectivity index (χ2n) is 9.68. The third-order valence-electron chi connectivity index (χ3n) is 6.25. The average Bonchev–Trinajstić information content (AvgIpc) is 2.94. The zero-order valence-electron chi connectivity index (χ0n) is 18.0. The predicted octanol–water partition coefficient (Wildman–Crippen LogP) is 6.41. The van der Waals surface area contributed by atoms with Crippen LogP contribution in [0.25, 0.3) is 0 Å². The Kier molecular flexibility index (Phi) is 5.02. The molecule has 2 unspecified atom stereocenters. The molecule has 1 aromatic heterocycles. The Labute approximate surface area is 175 Å². The highest BCUT2D eigenvalue weighted by Crippen LogP contribution is 2.51. The first-order valence-corrected chi connectivity index (χ1v) is 10.5. The third kappa shape index (κ3) is 3.54. The zero-order chi connectivity index (χ0) is 22.0. The number of aliphatic hydroxyl groups excluding tert-OH is 1. The summed E-state index contributed by atoms with van der Waals surface area (Å²) in [7, 11) is 0. The number of hydrogen-bond donors (Lipinski definition) is 1. The number of benzene rings is 1. The molecule has 0 bridgehead atoms. The molecule has 2 aliphatic rings. The topological polar surface area (TPSA) is 42.4 Å². The summed E-state index contributed by atoms with van der Waals surface area (Å²) in [4.78, 5) is 4.93. The molecule has 2 aromatic rings. The van der Waals surface area contributed by atoms with Crippen molar-refractivity contribution in [2.24, 2.45) is 5.41 Å². The van der Waals surface area contributed by atoms with E-state index < -0.39 is 23.9 Å². The monoisotopic (exact) mass is 419 g/mol. The number of halogens is 3. The molecule has 3 atom stereocenters. The summed E-state index contributed by atoms with van der Waals surface area (Å²) in [5.41, 5.74) is 4.54. The van der Waals surface area contributed by atoms with Gasteiger partial charge in [0, 0.05) is 16.8 Å². The fraction of sp³-hybridized carbons (Fsp3) is 0.542. The van der Waals surface area contributed by atoms with Gasteiger partial charge in [0.15, 0.2) is 0 Å². The van der Waals surface area contributed by atoms with Crippen molar-refractivity contribution in [3.8, 4) is 0 Å². The molecule has 1 aliphatic heterocycles. The Balaban J connectivity index is 1.87. The van der Waals surface area contributed by atoms with Gasteiger partial charge in [0.05, 0.1) is 23.5 Å². The van der Waals surface area contributed by atoms with Gasteiger partial charge in [-0.15, -0.1) is 0 Å². The number of rotatable bonds is 2. The van der Waals surface area contributed by atoms with E-state index in [1.54, 1.807) is 0 Å². The highest BCUT2D eigenvalue weighted by Gasteiger charge is 2.42. The number of aliphatic hydroxyl groups is 1. The normalized spacial score (nSPS) is 25.3. The molecule has 3 nitrogen and oxygen atoms in total. The molecule has 6 heteroatoms. The van der Waals surface area contributed by atoms with Gasteiger partial charge in [-0.05, 0) is 54.4 Å². The lowest BCUT2D eigenvalue weighted by atomic mass is 9.71. The number of ether oxygens (including phenoxy) is 1. The molecular formula is C24H28F3NO2. The van der Waals surface area contributed by atoms with Gasteiger partial charge in [0.1, 0.15) is 6.10 Å². The molecule has 0 radical (unpaired) electrons. The molecule has 0 fully saturated rings. The number of hydrogen-bond acceptors (Lipinski definition) is 3. The first kappa shape index (κ1) is 21.3. The van der Waals surface area contributed by atoms with Gasteiger partial charge in [0.25, 0.3) is 0 Å². The Bertz CT molecular complexity index is 964. The lowest BCUT2D eigenvalue weighted by Crippen LogP contribution is -2.29. The predicted molar refractivity (Wildman–Crippen MR) is 108 cm³/mol. The summed E-state index contributed by atoms with van der Waals surface area (Å²) in [5.74, 6) is 0.122. The second-order valence-corrected chi connectivity index (χ2v) is 9.68. The van der Waals surface area contributed by atoms with Gasteiger partial charge < -0.3 is 9.84 Å². The van der Waals surface area contributed by atoms with Gasteiger partial charge in [-0.1, -0.05) is 39.8 Å². The van der Waals surface area contributed by atoms with Crippen molar-refractivity contribution in [3.05, 3.63) is 63.5 Å². The van der Waals surface area contributed by atoms with Gasteiger partial charge >= 0.3 is 6.18 Å². The molecule has 0 saturated carbocycles. The molecule has 0 spiro atoms.